The van der Waals surface area contributed by atoms with Gasteiger partial charge in [0.25, 0.3) is 0 Å². The molecule has 0 saturated carbocycles. The number of hydrogen-bond acceptors (Lipinski definition) is 5. The lowest BCUT2D eigenvalue weighted by Gasteiger charge is -2.22. The highest BCUT2D eigenvalue weighted by atomic mass is 32.1. The number of nitrogens with zero attached hydrogens (tertiary/aromatic N) is 4. The predicted molar refractivity (Wildman–Crippen MR) is 85.9 cm³/mol. The molecule has 112 valence electrons. The molecule has 6 heteroatoms. The zero-order valence-electron chi connectivity index (χ0n) is 12.5. The SMILES string of the molecule is CCc1cc2c(N3CCCN(C(C)=O)CC3)ncnc2s1. The van der Waals surface area contributed by atoms with E-state index in [4.69, 9.17) is 0 Å². The number of hydrogen-bond donors (Lipinski definition) is 0. The van der Waals surface area contributed by atoms with Crippen LogP contribution in [0.25, 0.3) is 10.2 Å². The fourth-order valence-corrected chi connectivity index (χ4v) is 3.69. The first-order chi connectivity index (χ1) is 10.2. The summed E-state index contributed by atoms with van der Waals surface area (Å²) in [6.45, 7) is 7.19. The molecular weight excluding hydrogens is 284 g/mol. The van der Waals surface area contributed by atoms with E-state index in [-0.39, 0.29) is 5.91 Å². The van der Waals surface area contributed by atoms with Gasteiger partial charge in [0.2, 0.25) is 5.91 Å². The number of aryl methyl sites for hydroxylation is 1. The Morgan fingerprint density at radius 3 is 2.90 bits per heavy atom. The number of thiophene rings is 1. The molecular formula is C15H20N4OS. The fraction of sp³-hybridized carbons (Fsp3) is 0.533. The summed E-state index contributed by atoms with van der Waals surface area (Å²) in [6.07, 6.45) is 3.66. The molecule has 2 aromatic heterocycles. The number of amides is 1. The van der Waals surface area contributed by atoms with Crippen molar-refractivity contribution in [3.05, 3.63) is 17.3 Å². The summed E-state index contributed by atoms with van der Waals surface area (Å²) >= 11 is 1.74. The molecule has 0 atom stereocenters. The van der Waals surface area contributed by atoms with E-state index >= 15 is 0 Å². The second-order valence-corrected chi connectivity index (χ2v) is 6.44. The lowest BCUT2D eigenvalue weighted by molar-refractivity contribution is -0.128. The van der Waals surface area contributed by atoms with Crippen LogP contribution in [0, 0.1) is 0 Å². The third-order valence-corrected chi connectivity index (χ3v) is 5.14. The number of rotatable bonds is 2. The monoisotopic (exact) mass is 304 g/mol. The van der Waals surface area contributed by atoms with E-state index in [1.165, 1.54) is 4.88 Å². The van der Waals surface area contributed by atoms with Crippen LogP contribution in [0.4, 0.5) is 5.82 Å². The van der Waals surface area contributed by atoms with Gasteiger partial charge < -0.3 is 9.80 Å². The van der Waals surface area contributed by atoms with Crippen LogP contribution in [0.5, 0.6) is 0 Å². The lowest BCUT2D eigenvalue weighted by Crippen LogP contribution is -2.33. The van der Waals surface area contributed by atoms with Crippen LogP contribution in [0.1, 0.15) is 25.1 Å². The van der Waals surface area contributed by atoms with Crippen LogP contribution in [-0.4, -0.2) is 47.0 Å². The Labute approximate surface area is 128 Å². The highest BCUT2D eigenvalue weighted by Crippen LogP contribution is 2.30. The maximum absolute atomic E-state index is 11.5. The first-order valence-electron chi connectivity index (χ1n) is 7.43. The maximum Gasteiger partial charge on any atom is 0.219 e. The first-order valence-corrected chi connectivity index (χ1v) is 8.24. The first kappa shape index (κ1) is 14.3. The van der Waals surface area contributed by atoms with Crippen molar-refractivity contribution in [2.24, 2.45) is 0 Å². The third kappa shape index (κ3) is 2.85. The summed E-state index contributed by atoms with van der Waals surface area (Å²) in [7, 11) is 0. The predicted octanol–water partition coefficient (Wildman–Crippen LogP) is 2.31. The Morgan fingerprint density at radius 1 is 1.29 bits per heavy atom. The van der Waals surface area contributed by atoms with E-state index in [1.54, 1.807) is 24.6 Å². The van der Waals surface area contributed by atoms with Crippen molar-refractivity contribution >= 4 is 33.3 Å². The molecule has 0 aromatic carbocycles. The zero-order chi connectivity index (χ0) is 14.8. The van der Waals surface area contributed by atoms with E-state index in [1.807, 2.05) is 4.90 Å². The molecule has 1 fully saturated rings. The minimum atomic E-state index is 0.161. The number of fused-ring (bicyclic) bond motifs is 1. The van der Waals surface area contributed by atoms with Crippen molar-refractivity contribution < 1.29 is 4.79 Å². The molecule has 1 amide bonds. The van der Waals surface area contributed by atoms with Gasteiger partial charge in [0.15, 0.2) is 0 Å². The van der Waals surface area contributed by atoms with Crippen LogP contribution in [0.15, 0.2) is 12.4 Å². The summed E-state index contributed by atoms with van der Waals surface area (Å²) in [5.74, 6) is 1.18. The molecule has 21 heavy (non-hydrogen) atoms. The van der Waals surface area contributed by atoms with Gasteiger partial charge in [-0.15, -0.1) is 11.3 Å². The van der Waals surface area contributed by atoms with Gasteiger partial charge in [-0.2, -0.15) is 0 Å². The van der Waals surface area contributed by atoms with Gasteiger partial charge in [-0.05, 0) is 18.9 Å². The van der Waals surface area contributed by atoms with Crippen molar-refractivity contribution in [1.82, 2.24) is 14.9 Å². The second kappa shape index (κ2) is 5.97. The molecule has 0 N–H and O–H groups in total. The highest BCUT2D eigenvalue weighted by Gasteiger charge is 2.20. The molecule has 0 aliphatic carbocycles. The molecule has 0 spiro atoms. The van der Waals surface area contributed by atoms with Crippen molar-refractivity contribution in [1.29, 1.82) is 0 Å². The van der Waals surface area contributed by atoms with Crippen LogP contribution in [0.3, 0.4) is 0 Å². The number of aromatic nitrogens is 2. The molecule has 3 rings (SSSR count). The Morgan fingerprint density at radius 2 is 2.14 bits per heavy atom. The van der Waals surface area contributed by atoms with E-state index in [9.17, 15) is 4.79 Å². The van der Waals surface area contributed by atoms with Crippen LogP contribution in [0.2, 0.25) is 0 Å². The normalized spacial score (nSPS) is 16.3. The van der Waals surface area contributed by atoms with E-state index < -0.39 is 0 Å². The van der Waals surface area contributed by atoms with Gasteiger partial charge >= 0.3 is 0 Å². The minimum Gasteiger partial charge on any atom is -0.354 e. The minimum absolute atomic E-state index is 0.161. The molecule has 1 saturated heterocycles. The summed E-state index contributed by atoms with van der Waals surface area (Å²) in [6, 6.07) is 2.21. The quantitative estimate of drug-likeness (QED) is 0.854. The lowest BCUT2D eigenvalue weighted by atomic mass is 10.3. The van der Waals surface area contributed by atoms with Crippen molar-refractivity contribution in [3.63, 3.8) is 0 Å². The molecule has 0 bridgehead atoms. The zero-order valence-corrected chi connectivity index (χ0v) is 13.3. The molecule has 0 radical (unpaired) electrons. The maximum atomic E-state index is 11.5. The van der Waals surface area contributed by atoms with E-state index in [0.29, 0.717) is 0 Å². The molecule has 0 unspecified atom stereocenters. The van der Waals surface area contributed by atoms with Gasteiger partial charge in [0, 0.05) is 38.0 Å². The standard InChI is InChI=1S/C15H20N4OS/c1-3-12-9-13-14(16-10-17-15(13)21-12)19-6-4-5-18(7-8-19)11(2)20/h9-10H,3-8H2,1-2H3. The molecule has 1 aliphatic heterocycles. The average Bonchev–Trinajstić information content (AvgIpc) is 2.75. The average molecular weight is 304 g/mol. The Bertz CT molecular complexity index is 654. The largest absolute Gasteiger partial charge is 0.354 e. The number of carbonyl (C=O) groups excluding carboxylic acids is 1. The van der Waals surface area contributed by atoms with Crippen LogP contribution in [-0.2, 0) is 11.2 Å². The Balaban J connectivity index is 1.89. The smallest absolute Gasteiger partial charge is 0.219 e. The summed E-state index contributed by atoms with van der Waals surface area (Å²) in [4.78, 5) is 27.0. The third-order valence-electron chi connectivity index (χ3n) is 3.95. The fourth-order valence-electron chi connectivity index (χ4n) is 2.76. The van der Waals surface area contributed by atoms with E-state index in [0.717, 1.165) is 55.1 Å². The van der Waals surface area contributed by atoms with Crippen molar-refractivity contribution in [2.45, 2.75) is 26.7 Å². The van der Waals surface area contributed by atoms with Gasteiger partial charge in [-0.25, -0.2) is 9.97 Å². The van der Waals surface area contributed by atoms with Crippen molar-refractivity contribution in [2.75, 3.05) is 31.1 Å². The Hall–Kier alpha value is -1.69. The van der Waals surface area contributed by atoms with Gasteiger partial charge in [0.1, 0.15) is 17.0 Å². The summed E-state index contributed by atoms with van der Waals surface area (Å²) in [5, 5.41) is 1.15. The van der Waals surface area contributed by atoms with Gasteiger partial charge in [-0.3, -0.25) is 4.79 Å². The molecule has 2 aromatic rings. The van der Waals surface area contributed by atoms with Crippen molar-refractivity contribution in [3.8, 4) is 0 Å². The van der Waals surface area contributed by atoms with Crippen LogP contribution < -0.4 is 4.90 Å². The highest BCUT2D eigenvalue weighted by molar-refractivity contribution is 7.18. The molecule has 5 nitrogen and oxygen atoms in total. The summed E-state index contributed by atoms with van der Waals surface area (Å²) < 4.78 is 0. The van der Waals surface area contributed by atoms with Crippen LogP contribution >= 0.6 is 11.3 Å². The van der Waals surface area contributed by atoms with Gasteiger partial charge in [-0.1, -0.05) is 6.92 Å². The number of carbonyl (C=O) groups is 1. The molecule has 3 heterocycles. The summed E-state index contributed by atoms with van der Waals surface area (Å²) in [5.41, 5.74) is 0. The Kier molecular flexibility index (Phi) is 4.05. The second-order valence-electron chi connectivity index (χ2n) is 5.33. The molecule has 1 aliphatic rings. The van der Waals surface area contributed by atoms with E-state index in [2.05, 4.69) is 27.9 Å². The topological polar surface area (TPSA) is 49.3 Å². The number of anilines is 1. The van der Waals surface area contributed by atoms with Gasteiger partial charge in [0.05, 0.1) is 5.39 Å².